The highest BCUT2D eigenvalue weighted by Gasteiger charge is 2.36. The van der Waals surface area contributed by atoms with Crippen molar-refractivity contribution in [2.75, 3.05) is 13.2 Å². The van der Waals surface area contributed by atoms with E-state index in [-0.39, 0.29) is 17.9 Å². The van der Waals surface area contributed by atoms with Gasteiger partial charge in [-0.3, -0.25) is 9.59 Å². The van der Waals surface area contributed by atoms with Gasteiger partial charge in [-0.2, -0.15) is 0 Å². The third-order valence-corrected chi connectivity index (χ3v) is 4.46. The molecule has 0 aromatic carbocycles. The van der Waals surface area contributed by atoms with Crippen molar-refractivity contribution in [2.45, 2.75) is 45.1 Å². The first-order valence-electron chi connectivity index (χ1n) is 7.20. The molecule has 19 heavy (non-hydrogen) atoms. The smallest absolute Gasteiger partial charge is 0.307 e. The Morgan fingerprint density at radius 1 is 1.21 bits per heavy atom. The molecule has 4 atom stereocenters. The van der Waals surface area contributed by atoms with Crippen LogP contribution in [0.5, 0.6) is 0 Å². The van der Waals surface area contributed by atoms with Gasteiger partial charge >= 0.3 is 5.97 Å². The number of rotatable bonds is 4. The second-order valence-corrected chi connectivity index (χ2v) is 5.76. The summed E-state index contributed by atoms with van der Waals surface area (Å²) in [7, 11) is 0. The molecule has 0 radical (unpaired) electrons. The van der Waals surface area contributed by atoms with Gasteiger partial charge in [0.05, 0.1) is 18.4 Å². The third-order valence-electron chi connectivity index (χ3n) is 4.46. The fraction of sp³-hybridized carbons (Fsp3) is 0.857. The van der Waals surface area contributed by atoms with Crippen molar-refractivity contribution in [3.05, 3.63) is 0 Å². The molecule has 2 rings (SSSR count). The van der Waals surface area contributed by atoms with Gasteiger partial charge in [-0.15, -0.1) is 0 Å². The van der Waals surface area contributed by atoms with Gasteiger partial charge in [0.25, 0.3) is 0 Å². The molecular weight excluding hydrogens is 246 g/mol. The highest BCUT2D eigenvalue weighted by molar-refractivity contribution is 5.85. The van der Waals surface area contributed by atoms with Crippen LogP contribution in [0, 0.1) is 17.8 Å². The van der Waals surface area contributed by atoms with E-state index in [1.807, 2.05) is 6.92 Å². The molecule has 1 heterocycles. The lowest BCUT2D eigenvalue weighted by atomic mass is 9.78. The van der Waals surface area contributed by atoms with Crippen molar-refractivity contribution in [2.24, 2.45) is 17.8 Å². The van der Waals surface area contributed by atoms with Gasteiger partial charge in [-0.1, -0.05) is 12.8 Å². The van der Waals surface area contributed by atoms with Crippen molar-refractivity contribution >= 4 is 11.9 Å². The van der Waals surface area contributed by atoms with Crippen LogP contribution >= 0.6 is 0 Å². The summed E-state index contributed by atoms with van der Waals surface area (Å²) in [4.78, 5) is 23.5. The zero-order valence-electron chi connectivity index (χ0n) is 11.4. The number of ether oxygens (including phenoxy) is 1. The normalized spacial score (nSPS) is 32.8. The van der Waals surface area contributed by atoms with Crippen molar-refractivity contribution < 1.29 is 19.4 Å². The van der Waals surface area contributed by atoms with Gasteiger partial charge in [-0.25, -0.2) is 0 Å². The molecular formula is C14H23NO4. The summed E-state index contributed by atoms with van der Waals surface area (Å²) in [6.45, 7) is 3.43. The highest BCUT2D eigenvalue weighted by Crippen LogP contribution is 2.30. The number of carboxylic acid groups (broad SMARTS) is 1. The molecule has 1 aliphatic heterocycles. The first-order chi connectivity index (χ1) is 9.09. The van der Waals surface area contributed by atoms with Crippen LogP contribution in [0.2, 0.25) is 0 Å². The Bertz CT molecular complexity index is 338. The number of amides is 1. The molecule has 0 spiro atoms. The van der Waals surface area contributed by atoms with Gasteiger partial charge in [0.2, 0.25) is 5.91 Å². The number of hydrogen-bond donors (Lipinski definition) is 2. The minimum absolute atomic E-state index is 0.0615. The lowest BCUT2D eigenvalue weighted by Gasteiger charge is -2.29. The minimum Gasteiger partial charge on any atom is -0.481 e. The average Bonchev–Trinajstić information content (AvgIpc) is 2.92. The predicted molar refractivity (Wildman–Crippen MR) is 69.6 cm³/mol. The Labute approximate surface area is 113 Å². The third kappa shape index (κ3) is 3.47. The van der Waals surface area contributed by atoms with E-state index in [9.17, 15) is 14.7 Å². The standard InChI is InChI=1S/C14H23NO4/c1-9(10-6-7-19-8-10)15-13(16)11-4-2-3-5-12(11)14(17)18/h9-12H,2-8H2,1H3,(H,15,16)(H,17,18)/t9?,10?,11-,12+/m1/s1. The maximum absolute atomic E-state index is 12.3. The van der Waals surface area contributed by atoms with E-state index >= 15 is 0 Å². The van der Waals surface area contributed by atoms with Crippen LogP contribution in [-0.2, 0) is 14.3 Å². The topological polar surface area (TPSA) is 75.6 Å². The number of hydrogen-bond acceptors (Lipinski definition) is 3. The number of nitrogens with one attached hydrogen (secondary N) is 1. The Morgan fingerprint density at radius 2 is 1.89 bits per heavy atom. The fourth-order valence-corrected chi connectivity index (χ4v) is 3.14. The summed E-state index contributed by atoms with van der Waals surface area (Å²) in [6, 6.07) is 0.0615. The van der Waals surface area contributed by atoms with E-state index in [1.54, 1.807) is 0 Å². The lowest BCUT2D eigenvalue weighted by molar-refractivity contribution is -0.149. The van der Waals surface area contributed by atoms with E-state index in [0.717, 1.165) is 25.9 Å². The molecule has 1 aliphatic carbocycles. The largest absolute Gasteiger partial charge is 0.481 e. The average molecular weight is 269 g/mol. The van der Waals surface area contributed by atoms with Gasteiger partial charge in [0.1, 0.15) is 0 Å². The number of carboxylic acids is 1. The second kappa shape index (κ2) is 6.37. The van der Waals surface area contributed by atoms with Gasteiger partial charge in [-0.05, 0) is 26.2 Å². The molecule has 1 saturated carbocycles. The molecule has 0 aromatic heterocycles. The molecule has 5 heteroatoms. The first kappa shape index (κ1) is 14.3. The summed E-state index contributed by atoms with van der Waals surface area (Å²) in [5.74, 6) is -1.45. The summed E-state index contributed by atoms with van der Waals surface area (Å²) >= 11 is 0. The molecule has 2 unspecified atom stereocenters. The summed E-state index contributed by atoms with van der Waals surface area (Å²) in [5, 5.41) is 12.2. The Hall–Kier alpha value is -1.10. The Kier molecular flexibility index (Phi) is 4.80. The molecule has 0 aromatic rings. The predicted octanol–water partition coefficient (Wildman–Crippen LogP) is 1.42. The molecule has 1 amide bonds. The second-order valence-electron chi connectivity index (χ2n) is 5.76. The first-order valence-corrected chi connectivity index (χ1v) is 7.20. The SMILES string of the molecule is CC(NC(=O)[C@@H]1CCCC[C@@H]1C(=O)O)C1CCOC1. The maximum Gasteiger partial charge on any atom is 0.307 e. The van der Waals surface area contributed by atoms with Crippen LogP contribution in [0.4, 0.5) is 0 Å². The van der Waals surface area contributed by atoms with Crippen molar-refractivity contribution in [1.82, 2.24) is 5.32 Å². The summed E-state index contributed by atoms with van der Waals surface area (Å²) in [6.07, 6.45) is 4.13. The van der Waals surface area contributed by atoms with Crippen LogP contribution in [0.25, 0.3) is 0 Å². The van der Waals surface area contributed by atoms with Crippen LogP contribution in [0.1, 0.15) is 39.0 Å². The van der Waals surface area contributed by atoms with E-state index in [4.69, 9.17) is 4.74 Å². The molecule has 0 bridgehead atoms. The van der Waals surface area contributed by atoms with Crippen LogP contribution in [0.15, 0.2) is 0 Å². The lowest BCUT2D eigenvalue weighted by Crippen LogP contribution is -2.45. The van der Waals surface area contributed by atoms with E-state index in [1.165, 1.54) is 0 Å². The van der Waals surface area contributed by atoms with Gasteiger partial charge in [0.15, 0.2) is 0 Å². The van der Waals surface area contributed by atoms with Gasteiger partial charge in [0, 0.05) is 18.6 Å². The minimum atomic E-state index is -0.836. The quantitative estimate of drug-likeness (QED) is 0.809. The van der Waals surface area contributed by atoms with E-state index in [0.29, 0.717) is 25.4 Å². The molecule has 2 N–H and O–H groups in total. The van der Waals surface area contributed by atoms with Gasteiger partial charge < -0.3 is 15.2 Å². The van der Waals surface area contributed by atoms with E-state index in [2.05, 4.69) is 5.32 Å². The molecule has 2 aliphatic rings. The molecule has 108 valence electrons. The zero-order valence-corrected chi connectivity index (χ0v) is 11.4. The van der Waals surface area contributed by atoms with Crippen molar-refractivity contribution in [3.63, 3.8) is 0 Å². The Morgan fingerprint density at radius 3 is 2.47 bits per heavy atom. The zero-order chi connectivity index (χ0) is 13.8. The monoisotopic (exact) mass is 269 g/mol. The van der Waals surface area contributed by atoms with Crippen molar-refractivity contribution in [3.8, 4) is 0 Å². The summed E-state index contributed by atoms with van der Waals surface area (Å²) < 4.78 is 5.32. The fourth-order valence-electron chi connectivity index (χ4n) is 3.14. The van der Waals surface area contributed by atoms with E-state index < -0.39 is 11.9 Å². The molecule has 1 saturated heterocycles. The van der Waals surface area contributed by atoms with Crippen LogP contribution in [-0.4, -0.2) is 36.2 Å². The number of carbonyl (C=O) groups is 2. The molecule has 2 fully saturated rings. The van der Waals surface area contributed by atoms with Crippen LogP contribution < -0.4 is 5.32 Å². The number of aliphatic carboxylic acids is 1. The van der Waals surface area contributed by atoms with Crippen LogP contribution in [0.3, 0.4) is 0 Å². The summed E-state index contributed by atoms with van der Waals surface area (Å²) in [5.41, 5.74) is 0. The maximum atomic E-state index is 12.3. The Balaban J connectivity index is 1.91. The molecule has 5 nitrogen and oxygen atoms in total. The highest BCUT2D eigenvalue weighted by atomic mass is 16.5. The number of carbonyl (C=O) groups excluding carboxylic acids is 1. The van der Waals surface area contributed by atoms with Crippen molar-refractivity contribution in [1.29, 1.82) is 0 Å².